The van der Waals surface area contributed by atoms with Crippen LogP contribution < -0.4 is 0 Å². The number of Topliss-reactive ketones (excluding diaryl/α,β-unsaturated/α-hetero) is 1. The maximum Gasteiger partial charge on any atom is 0.174 e. The summed E-state index contributed by atoms with van der Waals surface area (Å²) < 4.78 is 0.707. The molecule has 3 saturated heterocycles. The van der Waals surface area contributed by atoms with Gasteiger partial charge in [-0.05, 0) is 50.4 Å². The summed E-state index contributed by atoms with van der Waals surface area (Å²) in [5, 5.41) is 0. The van der Waals surface area contributed by atoms with Gasteiger partial charge in [0.05, 0.1) is 9.21 Å². The fourth-order valence-corrected chi connectivity index (χ4v) is 4.07. The summed E-state index contributed by atoms with van der Waals surface area (Å²) in [6, 6.07) is 4.15. The Morgan fingerprint density at radius 2 is 2.18 bits per heavy atom. The van der Waals surface area contributed by atoms with Crippen molar-refractivity contribution >= 4 is 28.7 Å². The molecule has 3 aliphatic heterocycles. The van der Waals surface area contributed by atoms with Crippen LogP contribution in [0.1, 0.15) is 35.4 Å². The second-order valence-corrected chi connectivity index (χ2v) is 6.82. The van der Waals surface area contributed by atoms with E-state index in [4.69, 9.17) is 11.6 Å². The number of carbonyl (C=O) groups excluding carboxylic acids is 1. The van der Waals surface area contributed by atoms with Gasteiger partial charge in [0.25, 0.3) is 0 Å². The number of halogens is 1. The first-order valence-electron chi connectivity index (χ1n) is 6.25. The number of fused-ring (bicyclic) bond motifs is 3. The molecule has 0 radical (unpaired) electrons. The average Bonchev–Trinajstić information content (AvgIpc) is 2.77. The van der Waals surface area contributed by atoms with Crippen molar-refractivity contribution in [3.05, 3.63) is 21.3 Å². The van der Waals surface area contributed by atoms with Crippen molar-refractivity contribution in [3.8, 4) is 0 Å². The zero-order valence-electron chi connectivity index (χ0n) is 9.69. The summed E-state index contributed by atoms with van der Waals surface area (Å²) in [4.78, 5) is 15.4. The third-order valence-corrected chi connectivity index (χ3v) is 5.31. The highest BCUT2D eigenvalue weighted by molar-refractivity contribution is 7.18. The summed E-state index contributed by atoms with van der Waals surface area (Å²) >= 11 is 7.27. The lowest BCUT2D eigenvalue weighted by atomic mass is 9.81. The molecule has 2 nitrogen and oxygen atoms in total. The highest BCUT2D eigenvalue weighted by Crippen LogP contribution is 2.34. The molecule has 0 N–H and O–H groups in total. The van der Waals surface area contributed by atoms with E-state index in [1.165, 1.54) is 43.7 Å². The molecule has 1 unspecified atom stereocenters. The highest BCUT2D eigenvalue weighted by atomic mass is 35.5. The van der Waals surface area contributed by atoms with Gasteiger partial charge in [-0.2, -0.15) is 0 Å². The lowest BCUT2D eigenvalue weighted by Gasteiger charge is -2.45. The van der Waals surface area contributed by atoms with E-state index in [1.54, 1.807) is 0 Å². The van der Waals surface area contributed by atoms with Gasteiger partial charge in [-0.1, -0.05) is 11.6 Å². The van der Waals surface area contributed by atoms with E-state index in [9.17, 15) is 4.79 Å². The van der Waals surface area contributed by atoms with Gasteiger partial charge in [0.15, 0.2) is 5.78 Å². The highest BCUT2D eigenvalue weighted by Gasteiger charge is 2.34. The van der Waals surface area contributed by atoms with Gasteiger partial charge in [0.1, 0.15) is 0 Å². The van der Waals surface area contributed by atoms with Crippen molar-refractivity contribution in [2.24, 2.45) is 5.92 Å². The van der Waals surface area contributed by atoms with Crippen molar-refractivity contribution in [2.45, 2.75) is 31.7 Å². The Hall–Kier alpha value is -0.380. The smallest absolute Gasteiger partial charge is 0.174 e. The number of hydrogen-bond acceptors (Lipinski definition) is 3. The molecule has 17 heavy (non-hydrogen) atoms. The van der Waals surface area contributed by atoms with Crippen molar-refractivity contribution in [1.82, 2.24) is 4.90 Å². The molecule has 0 aliphatic carbocycles. The summed E-state index contributed by atoms with van der Waals surface area (Å²) in [7, 11) is 0. The van der Waals surface area contributed by atoms with Gasteiger partial charge in [-0.25, -0.2) is 0 Å². The Morgan fingerprint density at radius 1 is 1.41 bits per heavy atom. The molecule has 4 heteroatoms. The van der Waals surface area contributed by atoms with E-state index in [0.717, 1.165) is 10.8 Å². The van der Waals surface area contributed by atoms with Gasteiger partial charge in [-0.15, -0.1) is 11.3 Å². The van der Waals surface area contributed by atoms with Crippen LogP contribution in [0, 0.1) is 5.92 Å². The molecule has 4 rings (SSSR count). The van der Waals surface area contributed by atoms with Crippen LogP contribution in [0.5, 0.6) is 0 Å². The van der Waals surface area contributed by atoms with Gasteiger partial charge >= 0.3 is 0 Å². The lowest BCUT2D eigenvalue weighted by molar-refractivity contribution is 0.0429. The molecule has 0 saturated carbocycles. The first-order chi connectivity index (χ1) is 8.22. The first-order valence-corrected chi connectivity index (χ1v) is 7.44. The van der Waals surface area contributed by atoms with Crippen molar-refractivity contribution in [2.75, 3.05) is 13.1 Å². The van der Waals surface area contributed by atoms with E-state index < -0.39 is 0 Å². The standard InChI is InChI=1S/C13H16ClNOS/c14-13-2-1-12(17-13)11(16)8-10-7-9-3-5-15(10)6-4-9/h1-2,9-10H,3-8H2. The molecule has 0 amide bonds. The average molecular weight is 270 g/mol. The van der Waals surface area contributed by atoms with Crippen LogP contribution in [0.25, 0.3) is 0 Å². The number of thiophene rings is 1. The molecular weight excluding hydrogens is 254 g/mol. The second kappa shape index (κ2) is 4.71. The molecule has 4 heterocycles. The van der Waals surface area contributed by atoms with Crippen LogP contribution >= 0.6 is 22.9 Å². The number of ketones is 1. The molecule has 0 spiro atoms. The van der Waals surface area contributed by atoms with Gasteiger partial charge < -0.3 is 0 Å². The van der Waals surface area contributed by atoms with Crippen LogP contribution in [0.15, 0.2) is 12.1 Å². The molecule has 3 aliphatic rings. The fourth-order valence-electron chi connectivity index (χ4n) is 3.08. The zero-order chi connectivity index (χ0) is 11.8. The Kier molecular flexibility index (Phi) is 3.24. The molecule has 92 valence electrons. The minimum absolute atomic E-state index is 0.263. The zero-order valence-corrected chi connectivity index (χ0v) is 11.3. The normalized spacial score (nSPS) is 31.7. The minimum Gasteiger partial charge on any atom is -0.300 e. The number of hydrogen-bond donors (Lipinski definition) is 0. The van der Waals surface area contributed by atoms with E-state index in [1.807, 2.05) is 12.1 Å². The van der Waals surface area contributed by atoms with Crippen molar-refractivity contribution < 1.29 is 4.79 Å². The third kappa shape index (κ3) is 2.42. The van der Waals surface area contributed by atoms with E-state index in [-0.39, 0.29) is 5.78 Å². The van der Waals surface area contributed by atoms with Crippen LogP contribution in [-0.4, -0.2) is 29.8 Å². The summed E-state index contributed by atoms with van der Waals surface area (Å²) in [5.41, 5.74) is 0. The SMILES string of the molecule is O=C(CC1CC2CCN1CC2)c1ccc(Cl)s1. The maximum absolute atomic E-state index is 12.1. The molecular formula is C13H16ClNOS. The Balaban J connectivity index is 1.65. The first kappa shape index (κ1) is 11.7. The second-order valence-electron chi connectivity index (χ2n) is 5.10. The van der Waals surface area contributed by atoms with Gasteiger partial charge in [0.2, 0.25) is 0 Å². The van der Waals surface area contributed by atoms with Gasteiger partial charge in [-0.3, -0.25) is 9.69 Å². The quantitative estimate of drug-likeness (QED) is 0.784. The molecule has 1 aromatic rings. The Morgan fingerprint density at radius 3 is 2.71 bits per heavy atom. The van der Waals surface area contributed by atoms with Crippen LogP contribution in [0.4, 0.5) is 0 Å². The molecule has 1 atom stereocenters. The predicted octanol–water partition coefficient (Wildman–Crippen LogP) is 3.46. The van der Waals surface area contributed by atoms with Crippen LogP contribution in [0.2, 0.25) is 4.34 Å². The van der Waals surface area contributed by atoms with Crippen molar-refractivity contribution in [3.63, 3.8) is 0 Å². The van der Waals surface area contributed by atoms with Crippen molar-refractivity contribution in [1.29, 1.82) is 0 Å². The Labute approximate surface area is 111 Å². The van der Waals surface area contributed by atoms with Gasteiger partial charge in [0, 0.05) is 12.5 Å². The molecule has 0 aromatic carbocycles. The maximum atomic E-state index is 12.1. The van der Waals surface area contributed by atoms with E-state index in [2.05, 4.69) is 4.90 Å². The summed E-state index contributed by atoms with van der Waals surface area (Å²) in [6.07, 6.45) is 4.54. The molecule has 2 bridgehead atoms. The third-order valence-electron chi connectivity index (χ3n) is 4.04. The number of carbonyl (C=O) groups is 1. The summed E-state index contributed by atoms with van der Waals surface area (Å²) in [6.45, 7) is 2.38. The lowest BCUT2D eigenvalue weighted by Crippen LogP contribution is -2.49. The fraction of sp³-hybridized carbons (Fsp3) is 0.615. The topological polar surface area (TPSA) is 20.3 Å². The van der Waals surface area contributed by atoms with Crippen LogP contribution in [0.3, 0.4) is 0 Å². The number of nitrogens with zero attached hydrogens (tertiary/aromatic N) is 1. The van der Waals surface area contributed by atoms with E-state index >= 15 is 0 Å². The number of piperidine rings is 3. The predicted molar refractivity (Wildman–Crippen MR) is 71.0 cm³/mol. The Bertz CT molecular complexity index is 423. The molecule has 1 aromatic heterocycles. The monoisotopic (exact) mass is 269 g/mol. The van der Waals surface area contributed by atoms with E-state index in [0.29, 0.717) is 16.8 Å². The largest absolute Gasteiger partial charge is 0.300 e. The van der Waals surface area contributed by atoms with Crippen LogP contribution in [-0.2, 0) is 0 Å². The summed E-state index contributed by atoms with van der Waals surface area (Å²) in [5.74, 6) is 1.13. The minimum atomic E-state index is 0.263. The molecule has 3 fully saturated rings. The number of rotatable bonds is 3.